The first-order valence-electron chi connectivity index (χ1n) is 3.23. The number of hydrogen-bond donors (Lipinski definition) is 1. The second kappa shape index (κ2) is 2.91. The van der Waals surface area contributed by atoms with Crippen molar-refractivity contribution >= 4 is 5.97 Å². The summed E-state index contributed by atoms with van der Waals surface area (Å²) in [6, 6.07) is 0. The molecule has 0 saturated carbocycles. The van der Waals surface area contributed by atoms with Crippen LogP contribution in [0, 0.1) is 0 Å². The van der Waals surface area contributed by atoms with E-state index >= 15 is 0 Å². The van der Waals surface area contributed by atoms with E-state index < -0.39 is 23.5 Å². The summed E-state index contributed by atoms with van der Waals surface area (Å²) in [5, 5.41) is 8.46. The van der Waals surface area contributed by atoms with Gasteiger partial charge in [-0.25, -0.2) is 13.6 Å². The average molecular weight is 172 g/mol. The molecule has 0 aliphatic heterocycles. The highest BCUT2D eigenvalue weighted by atomic mass is 19.3. The van der Waals surface area contributed by atoms with Gasteiger partial charge in [0.25, 0.3) is 6.43 Å². The lowest BCUT2D eigenvalue weighted by Crippen LogP contribution is -2.07. The Hall–Kier alpha value is -1.41. The van der Waals surface area contributed by atoms with Gasteiger partial charge in [-0.3, -0.25) is 0 Å². The summed E-state index contributed by atoms with van der Waals surface area (Å²) in [6.45, 7) is 1.53. The Bertz CT molecular complexity index is 320. The maximum atomic E-state index is 12.1. The molecule has 0 amide bonds. The minimum atomic E-state index is -2.75. The Morgan fingerprint density at radius 1 is 1.67 bits per heavy atom. The summed E-state index contributed by atoms with van der Waals surface area (Å²) in [6.07, 6.45) is -1.62. The van der Waals surface area contributed by atoms with Gasteiger partial charge in [0.05, 0.1) is 0 Å². The summed E-state index contributed by atoms with van der Waals surface area (Å²) >= 11 is 0. The van der Waals surface area contributed by atoms with Crippen molar-refractivity contribution in [3.8, 4) is 0 Å². The quantitative estimate of drug-likeness (QED) is 0.644. The van der Waals surface area contributed by atoms with Crippen molar-refractivity contribution in [2.75, 3.05) is 0 Å². The first-order chi connectivity index (χ1) is 5.52. The van der Waals surface area contributed by atoms with E-state index in [0.29, 0.717) is 5.57 Å². The molecule has 0 saturated heterocycles. The number of hydrogen-bond acceptors (Lipinski definition) is 1. The minimum Gasteiger partial charge on any atom is -0.477 e. The number of alkyl halides is 2. The molecule has 64 valence electrons. The van der Waals surface area contributed by atoms with Gasteiger partial charge in [0, 0.05) is 5.57 Å². The largest absolute Gasteiger partial charge is 0.477 e. The molecule has 1 aliphatic carbocycles. The van der Waals surface area contributed by atoms with Gasteiger partial charge in [-0.2, -0.15) is 0 Å². The highest BCUT2D eigenvalue weighted by molar-refractivity contribution is 5.93. The van der Waals surface area contributed by atoms with E-state index in [9.17, 15) is 13.6 Å². The normalized spacial score (nSPS) is 15.8. The third-order valence-corrected chi connectivity index (χ3v) is 1.43. The molecule has 4 heteroatoms. The van der Waals surface area contributed by atoms with Crippen LogP contribution in [-0.2, 0) is 4.79 Å². The van der Waals surface area contributed by atoms with Gasteiger partial charge in [0.15, 0.2) is 0 Å². The molecular formula is C8H6F2O2. The zero-order valence-electron chi connectivity index (χ0n) is 6.27. The van der Waals surface area contributed by atoms with Crippen LogP contribution in [0.25, 0.3) is 0 Å². The minimum absolute atomic E-state index is 0.419. The Morgan fingerprint density at radius 2 is 2.25 bits per heavy atom. The van der Waals surface area contributed by atoms with Crippen LogP contribution >= 0.6 is 0 Å². The lowest BCUT2D eigenvalue weighted by Gasteiger charge is -2.00. The number of halogens is 2. The van der Waals surface area contributed by atoms with E-state index in [1.165, 1.54) is 6.92 Å². The fourth-order valence-corrected chi connectivity index (χ4v) is 0.960. The van der Waals surface area contributed by atoms with Crippen molar-refractivity contribution in [1.29, 1.82) is 0 Å². The van der Waals surface area contributed by atoms with E-state index in [1.807, 2.05) is 0 Å². The van der Waals surface area contributed by atoms with Crippen LogP contribution in [-0.4, -0.2) is 17.5 Å². The number of allylic oxidation sites excluding steroid dienone is 1. The van der Waals surface area contributed by atoms with E-state index in [-0.39, 0.29) is 0 Å². The van der Waals surface area contributed by atoms with Crippen molar-refractivity contribution in [3.63, 3.8) is 0 Å². The van der Waals surface area contributed by atoms with Gasteiger partial charge >= 0.3 is 5.97 Å². The maximum absolute atomic E-state index is 12.1. The van der Waals surface area contributed by atoms with Crippen LogP contribution in [0.5, 0.6) is 0 Å². The average Bonchev–Trinajstić information content (AvgIpc) is 2.31. The summed E-state index contributed by atoms with van der Waals surface area (Å²) in [5.41, 5.74) is 1.88. The second-order valence-corrected chi connectivity index (χ2v) is 2.39. The first-order valence-corrected chi connectivity index (χ1v) is 3.23. The SMILES string of the molecule is CC1=C=C(C(=O)O)C(C(F)F)=C1. The highest BCUT2D eigenvalue weighted by Crippen LogP contribution is 2.24. The Morgan fingerprint density at radius 3 is 2.58 bits per heavy atom. The van der Waals surface area contributed by atoms with Crippen LogP contribution < -0.4 is 0 Å². The van der Waals surface area contributed by atoms with Gasteiger partial charge in [-0.05, 0) is 18.6 Å². The molecule has 0 fully saturated rings. The smallest absolute Gasteiger partial charge is 0.344 e. The van der Waals surface area contributed by atoms with Gasteiger partial charge in [-0.1, -0.05) is 0 Å². The standard InChI is InChI=1S/C8H6F2O2/c1-4-2-5(7(9)10)6(3-4)8(11)12/h2,7H,1H3,(H,11,12). The van der Waals surface area contributed by atoms with Crippen molar-refractivity contribution in [2.45, 2.75) is 13.3 Å². The van der Waals surface area contributed by atoms with E-state index in [1.54, 1.807) is 0 Å². The summed E-state index contributed by atoms with van der Waals surface area (Å²) in [5.74, 6) is -1.36. The van der Waals surface area contributed by atoms with Crippen LogP contribution in [0.2, 0.25) is 0 Å². The van der Waals surface area contributed by atoms with E-state index in [4.69, 9.17) is 5.11 Å². The van der Waals surface area contributed by atoms with Crippen molar-refractivity contribution in [1.82, 2.24) is 0 Å². The van der Waals surface area contributed by atoms with Gasteiger partial charge in [-0.15, -0.1) is 5.73 Å². The number of aliphatic carboxylic acids is 1. The lowest BCUT2D eigenvalue weighted by molar-refractivity contribution is -0.132. The third kappa shape index (κ3) is 1.43. The summed E-state index contributed by atoms with van der Waals surface area (Å²) in [4.78, 5) is 10.4. The first kappa shape index (κ1) is 8.68. The van der Waals surface area contributed by atoms with Crippen LogP contribution in [0.4, 0.5) is 8.78 Å². The molecular weight excluding hydrogens is 166 g/mol. The highest BCUT2D eigenvalue weighted by Gasteiger charge is 2.24. The van der Waals surface area contributed by atoms with Crippen LogP contribution in [0.3, 0.4) is 0 Å². The van der Waals surface area contributed by atoms with Crippen molar-refractivity contribution in [2.24, 2.45) is 0 Å². The van der Waals surface area contributed by atoms with Crippen LogP contribution in [0.15, 0.2) is 28.5 Å². The summed E-state index contributed by atoms with van der Waals surface area (Å²) in [7, 11) is 0. The monoisotopic (exact) mass is 172 g/mol. The van der Waals surface area contributed by atoms with Gasteiger partial charge in [0.2, 0.25) is 0 Å². The zero-order chi connectivity index (χ0) is 9.30. The van der Waals surface area contributed by atoms with Gasteiger partial charge < -0.3 is 5.11 Å². The molecule has 0 bridgehead atoms. The Kier molecular flexibility index (Phi) is 2.11. The number of rotatable bonds is 2. The number of carboxylic acid groups (broad SMARTS) is 1. The number of carboxylic acids is 1. The molecule has 0 spiro atoms. The maximum Gasteiger partial charge on any atom is 0.344 e. The molecule has 0 aromatic carbocycles. The molecule has 1 aliphatic rings. The van der Waals surface area contributed by atoms with Crippen LogP contribution in [0.1, 0.15) is 6.92 Å². The lowest BCUT2D eigenvalue weighted by atomic mass is 10.1. The number of carbonyl (C=O) groups is 1. The third-order valence-electron chi connectivity index (χ3n) is 1.43. The molecule has 1 N–H and O–H groups in total. The molecule has 1 rings (SSSR count). The van der Waals surface area contributed by atoms with Gasteiger partial charge in [0.1, 0.15) is 5.57 Å². The Labute approximate surface area is 67.5 Å². The van der Waals surface area contributed by atoms with E-state index in [2.05, 4.69) is 5.73 Å². The van der Waals surface area contributed by atoms with Crippen molar-refractivity contribution in [3.05, 3.63) is 28.5 Å². The summed E-state index contributed by atoms with van der Waals surface area (Å²) < 4.78 is 24.2. The predicted octanol–water partition coefficient (Wildman–Crippen LogP) is 1.75. The fourth-order valence-electron chi connectivity index (χ4n) is 0.960. The molecule has 0 heterocycles. The Balaban J connectivity index is 3.07. The predicted molar refractivity (Wildman–Crippen MR) is 37.9 cm³/mol. The molecule has 0 radical (unpaired) electrons. The fraction of sp³-hybridized carbons (Fsp3) is 0.250. The zero-order valence-corrected chi connectivity index (χ0v) is 6.27. The molecule has 0 atom stereocenters. The molecule has 2 nitrogen and oxygen atoms in total. The molecule has 12 heavy (non-hydrogen) atoms. The molecule has 0 unspecified atom stereocenters. The second-order valence-electron chi connectivity index (χ2n) is 2.39. The van der Waals surface area contributed by atoms with Crippen molar-refractivity contribution < 1.29 is 18.7 Å². The van der Waals surface area contributed by atoms with E-state index in [0.717, 1.165) is 6.08 Å². The molecule has 0 aromatic rings. The topological polar surface area (TPSA) is 37.3 Å². The molecule has 0 aromatic heterocycles.